The average molecular weight is 490 g/mol. The van der Waals surface area contributed by atoms with Crippen LogP contribution in [0.4, 0.5) is 5.69 Å². The summed E-state index contributed by atoms with van der Waals surface area (Å²) in [7, 11) is -3.77. The van der Waals surface area contributed by atoms with E-state index in [1.54, 1.807) is 31.2 Å². The molecule has 0 aliphatic carbocycles. The molecule has 2 aromatic rings. The second-order valence-electron chi connectivity index (χ2n) is 8.52. The Morgan fingerprint density at radius 1 is 1.00 bits per heavy atom. The Morgan fingerprint density at radius 3 is 2.15 bits per heavy atom. The number of anilines is 1. The smallest absolute Gasteiger partial charge is 0.244 e. The van der Waals surface area contributed by atoms with Gasteiger partial charge >= 0.3 is 0 Å². The van der Waals surface area contributed by atoms with Crippen LogP contribution in [0.1, 0.15) is 33.3 Å². The maximum Gasteiger partial charge on any atom is 0.244 e. The van der Waals surface area contributed by atoms with E-state index in [1.807, 2.05) is 51.1 Å². The van der Waals surface area contributed by atoms with Crippen molar-refractivity contribution >= 4 is 27.5 Å². The Morgan fingerprint density at radius 2 is 1.62 bits per heavy atom. The summed E-state index contributed by atoms with van der Waals surface area (Å²) in [5, 5.41) is 2.86. The maximum absolute atomic E-state index is 13.4. The Hall–Kier alpha value is -3.07. The standard InChI is InChI=1S/C25H35N3O5S/c1-6-33-23-14-12-22(13-15-23)28(34(5,31)32)18-24(29)27(17-21-10-8-7-9-11-21)20(4)25(30)26-16-19(2)3/h7-15,19-20H,6,16-18H2,1-5H3,(H,26,30). The van der Waals surface area contributed by atoms with E-state index < -0.39 is 28.5 Å². The third-order valence-corrected chi connectivity index (χ3v) is 6.30. The topological polar surface area (TPSA) is 96.0 Å². The van der Waals surface area contributed by atoms with E-state index in [2.05, 4.69) is 5.32 Å². The molecule has 0 aromatic heterocycles. The van der Waals surface area contributed by atoms with Crippen LogP contribution in [0.25, 0.3) is 0 Å². The minimum Gasteiger partial charge on any atom is -0.494 e. The summed E-state index contributed by atoms with van der Waals surface area (Å²) in [6.45, 7) is 8.19. The molecule has 0 fully saturated rings. The third-order valence-electron chi connectivity index (χ3n) is 5.16. The average Bonchev–Trinajstić information content (AvgIpc) is 2.79. The number of hydrogen-bond donors (Lipinski definition) is 1. The quantitative estimate of drug-likeness (QED) is 0.494. The molecule has 1 unspecified atom stereocenters. The van der Waals surface area contributed by atoms with Crippen molar-refractivity contribution in [1.82, 2.24) is 10.2 Å². The van der Waals surface area contributed by atoms with Gasteiger partial charge in [-0.05, 0) is 49.6 Å². The van der Waals surface area contributed by atoms with Crippen LogP contribution in [0, 0.1) is 5.92 Å². The highest BCUT2D eigenvalue weighted by atomic mass is 32.2. The number of nitrogens with zero attached hydrogens (tertiary/aromatic N) is 2. The van der Waals surface area contributed by atoms with E-state index in [-0.39, 0.29) is 18.4 Å². The van der Waals surface area contributed by atoms with Crippen LogP contribution in [-0.4, -0.2) is 57.1 Å². The lowest BCUT2D eigenvalue weighted by molar-refractivity contribution is -0.139. The minimum atomic E-state index is -3.77. The first-order chi connectivity index (χ1) is 16.0. The zero-order chi connectivity index (χ0) is 25.3. The molecule has 34 heavy (non-hydrogen) atoms. The molecule has 1 N–H and O–H groups in total. The molecule has 0 saturated carbocycles. The Labute approximate surface area is 202 Å². The Bertz CT molecular complexity index is 1040. The molecule has 1 atom stereocenters. The minimum absolute atomic E-state index is 0.177. The second-order valence-corrected chi connectivity index (χ2v) is 10.4. The molecule has 186 valence electrons. The van der Waals surface area contributed by atoms with Gasteiger partial charge in [-0.25, -0.2) is 8.42 Å². The number of nitrogens with one attached hydrogen (secondary N) is 1. The molecule has 2 aromatic carbocycles. The fourth-order valence-corrected chi connectivity index (χ4v) is 4.15. The monoisotopic (exact) mass is 489 g/mol. The summed E-state index contributed by atoms with van der Waals surface area (Å²) < 4.78 is 31.6. The molecule has 0 aliphatic rings. The normalized spacial score (nSPS) is 12.2. The number of rotatable bonds is 12. The number of sulfonamides is 1. The van der Waals surface area contributed by atoms with Crippen LogP contribution < -0.4 is 14.4 Å². The molecule has 0 aliphatic heterocycles. The highest BCUT2D eigenvalue weighted by Crippen LogP contribution is 2.22. The molecule has 2 amide bonds. The molecule has 0 saturated heterocycles. The number of ether oxygens (including phenoxy) is 1. The lowest BCUT2D eigenvalue weighted by atomic mass is 10.1. The first-order valence-electron chi connectivity index (χ1n) is 11.3. The second kappa shape index (κ2) is 12.4. The highest BCUT2D eigenvalue weighted by molar-refractivity contribution is 7.92. The molecule has 9 heteroatoms. The van der Waals surface area contributed by atoms with Gasteiger partial charge < -0.3 is 15.0 Å². The van der Waals surface area contributed by atoms with Gasteiger partial charge in [0, 0.05) is 13.1 Å². The summed E-state index contributed by atoms with van der Waals surface area (Å²) in [4.78, 5) is 27.6. The van der Waals surface area contributed by atoms with Crippen molar-refractivity contribution < 1.29 is 22.7 Å². The van der Waals surface area contributed by atoms with Crippen molar-refractivity contribution in [2.75, 3.05) is 30.3 Å². The largest absolute Gasteiger partial charge is 0.494 e. The first kappa shape index (κ1) is 27.2. The van der Waals surface area contributed by atoms with Crippen molar-refractivity contribution in [1.29, 1.82) is 0 Å². The van der Waals surface area contributed by atoms with Crippen LogP contribution in [0.15, 0.2) is 54.6 Å². The zero-order valence-corrected chi connectivity index (χ0v) is 21.3. The van der Waals surface area contributed by atoms with E-state index in [4.69, 9.17) is 4.74 Å². The number of hydrogen-bond acceptors (Lipinski definition) is 5. The summed E-state index contributed by atoms with van der Waals surface area (Å²) in [6.07, 6.45) is 1.05. The zero-order valence-electron chi connectivity index (χ0n) is 20.5. The molecule has 2 rings (SSSR count). The SMILES string of the molecule is CCOc1ccc(N(CC(=O)N(Cc2ccccc2)C(C)C(=O)NCC(C)C)S(C)(=O)=O)cc1. The highest BCUT2D eigenvalue weighted by Gasteiger charge is 2.30. The van der Waals surface area contributed by atoms with Gasteiger partial charge in [0.2, 0.25) is 21.8 Å². The lowest BCUT2D eigenvalue weighted by Crippen LogP contribution is -2.51. The van der Waals surface area contributed by atoms with Crippen LogP contribution in [0.2, 0.25) is 0 Å². The van der Waals surface area contributed by atoms with E-state index in [0.717, 1.165) is 16.1 Å². The first-order valence-corrected chi connectivity index (χ1v) is 13.2. The summed E-state index contributed by atoms with van der Waals surface area (Å²) in [6, 6.07) is 15.0. The summed E-state index contributed by atoms with van der Waals surface area (Å²) >= 11 is 0. The molecular weight excluding hydrogens is 454 g/mol. The van der Waals surface area contributed by atoms with E-state index in [9.17, 15) is 18.0 Å². The lowest BCUT2D eigenvalue weighted by Gasteiger charge is -2.31. The Balaban J connectivity index is 2.31. The predicted octanol–water partition coefficient (Wildman–Crippen LogP) is 3.04. The van der Waals surface area contributed by atoms with E-state index in [1.165, 1.54) is 4.90 Å². The van der Waals surface area contributed by atoms with Gasteiger partial charge in [0.25, 0.3) is 0 Å². The molecule has 0 heterocycles. The van der Waals surface area contributed by atoms with Gasteiger partial charge in [-0.2, -0.15) is 0 Å². The van der Waals surface area contributed by atoms with Gasteiger partial charge in [-0.15, -0.1) is 0 Å². The fraction of sp³-hybridized carbons (Fsp3) is 0.440. The van der Waals surface area contributed by atoms with Gasteiger partial charge in [0.05, 0.1) is 18.6 Å². The fourth-order valence-electron chi connectivity index (χ4n) is 3.30. The van der Waals surface area contributed by atoms with Gasteiger partial charge in [-0.1, -0.05) is 44.2 Å². The van der Waals surface area contributed by atoms with Crippen LogP contribution in [-0.2, 0) is 26.2 Å². The van der Waals surface area contributed by atoms with Crippen LogP contribution in [0.5, 0.6) is 5.75 Å². The molecule has 0 bridgehead atoms. The van der Waals surface area contributed by atoms with E-state index in [0.29, 0.717) is 24.6 Å². The molecular formula is C25H35N3O5S. The third kappa shape index (κ3) is 8.06. The Kier molecular flexibility index (Phi) is 9.92. The molecule has 0 spiro atoms. The van der Waals surface area contributed by atoms with E-state index >= 15 is 0 Å². The number of carbonyl (C=O) groups excluding carboxylic acids is 2. The van der Waals surface area contributed by atoms with Gasteiger partial charge in [0.15, 0.2) is 0 Å². The van der Waals surface area contributed by atoms with Crippen LogP contribution >= 0.6 is 0 Å². The van der Waals surface area contributed by atoms with Crippen molar-refractivity contribution in [2.24, 2.45) is 5.92 Å². The number of amides is 2. The number of benzene rings is 2. The molecule has 0 radical (unpaired) electrons. The summed E-state index contributed by atoms with van der Waals surface area (Å²) in [5.41, 5.74) is 1.18. The number of carbonyl (C=O) groups is 2. The van der Waals surface area contributed by atoms with Crippen molar-refractivity contribution in [3.63, 3.8) is 0 Å². The van der Waals surface area contributed by atoms with Crippen molar-refractivity contribution in [3.8, 4) is 5.75 Å². The van der Waals surface area contributed by atoms with Gasteiger partial charge in [-0.3, -0.25) is 13.9 Å². The van der Waals surface area contributed by atoms with Gasteiger partial charge in [0.1, 0.15) is 18.3 Å². The molecule has 8 nitrogen and oxygen atoms in total. The predicted molar refractivity (Wildman–Crippen MR) is 134 cm³/mol. The maximum atomic E-state index is 13.4. The summed E-state index contributed by atoms with van der Waals surface area (Å²) in [5.74, 6) is 0.0994. The van der Waals surface area contributed by atoms with Crippen molar-refractivity contribution in [3.05, 3.63) is 60.2 Å². The van der Waals surface area contributed by atoms with Crippen molar-refractivity contribution in [2.45, 2.75) is 40.3 Å². The van der Waals surface area contributed by atoms with Crippen LogP contribution in [0.3, 0.4) is 0 Å².